The molecule has 19 heavy (non-hydrogen) atoms. The molecule has 2 atom stereocenters. The summed E-state index contributed by atoms with van der Waals surface area (Å²) in [4.78, 5) is 13.1. The minimum Gasteiger partial charge on any atom is -0.497 e. The molecule has 1 fully saturated rings. The number of ether oxygens (including phenoxy) is 2. The highest BCUT2D eigenvalue weighted by atomic mass is 16.5. The second-order valence-electron chi connectivity index (χ2n) is 4.64. The molecule has 0 aliphatic carbocycles. The Hall–Kier alpha value is -1.59. The zero-order valence-corrected chi connectivity index (χ0v) is 11.2. The third-order valence-electron chi connectivity index (χ3n) is 3.52. The maximum absolute atomic E-state index is 11.0. The fourth-order valence-electron chi connectivity index (χ4n) is 2.26. The van der Waals surface area contributed by atoms with Crippen molar-refractivity contribution in [2.45, 2.75) is 19.1 Å². The van der Waals surface area contributed by atoms with Gasteiger partial charge in [0.25, 0.3) is 0 Å². The van der Waals surface area contributed by atoms with Crippen LogP contribution < -0.4 is 4.74 Å². The van der Waals surface area contributed by atoms with Gasteiger partial charge in [0, 0.05) is 19.1 Å². The van der Waals surface area contributed by atoms with Crippen LogP contribution >= 0.6 is 0 Å². The monoisotopic (exact) mass is 265 g/mol. The Kier molecular flexibility index (Phi) is 4.39. The number of nitrogens with zero attached hydrogens (tertiary/aromatic N) is 1. The normalized spacial score (nSPS) is 21.9. The summed E-state index contributed by atoms with van der Waals surface area (Å²) in [5.41, 5.74) is 1.15. The van der Waals surface area contributed by atoms with E-state index >= 15 is 0 Å². The number of carboxylic acid groups (broad SMARTS) is 1. The molecule has 1 aliphatic rings. The molecule has 1 aromatic carbocycles. The lowest BCUT2D eigenvalue weighted by molar-refractivity contribution is -0.157. The molecule has 104 valence electrons. The Labute approximate surface area is 112 Å². The highest BCUT2D eigenvalue weighted by Crippen LogP contribution is 2.24. The van der Waals surface area contributed by atoms with Crippen molar-refractivity contribution in [2.75, 3.05) is 26.8 Å². The van der Waals surface area contributed by atoms with Crippen molar-refractivity contribution in [3.8, 4) is 5.75 Å². The van der Waals surface area contributed by atoms with Gasteiger partial charge in [0.15, 0.2) is 6.10 Å². The lowest BCUT2D eigenvalue weighted by Crippen LogP contribution is -2.46. The molecule has 0 saturated carbocycles. The molecule has 0 bridgehead atoms. The quantitative estimate of drug-likeness (QED) is 0.895. The van der Waals surface area contributed by atoms with Gasteiger partial charge in [-0.25, -0.2) is 4.79 Å². The molecule has 0 spiro atoms. The Morgan fingerprint density at radius 1 is 1.47 bits per heavy atom. The van der Waals surface area contributed by atoms with Crippen LogP contribution in [-0.2, 0) is 9.53 Å². The number of morpholine rings is 1. The number of hydrogen-bond acceptors (Lipinski definition) is 4. The lowest BCUT2D eigenvalue weighted by Gasteiger charge is -2.35. The average molecular weight is 265 g/mol. The molecule has 5 heteroatoms. The third kappa shape index (κ3) is 3.24. The van der Waals surface area contributed by atoms with Crippen molar-refractivity contribution in [1.29, 1.82) is 0 Å². The second kappa shape index (κ2) is 6.04. The fraction of sp³-hybridized carbons (Fsp3) is 0.500. The van der Waals surface area contributed by atoms with E-state index in [1.54, 1.807) is 7.11 Å². The van der Waals surface area contributed by atoms with Gasteiger partial charge in [-0.1, -0.05) is 12.1 Å². The predicted octanol–water partition coefficient (Wildman–Crippen LogP) is 1.54. The Balaban J connectivity index is 2.05. The van der Waals surface area contributed by atoms with Crippen LogP contribution in [0.15, 0.2) is 24.3 Å². The lowest BCUT2D eigenvalue weighted by atomic mass is 10.1. The molecule has 1 aromatic rings. The van der Waals surface area contributed by atoms with E-state index in [-0.39, 0.29) is 6.04 Å². The van der Waals surface area contributed by atoms with Crippen LogP contribution in [-0.4, -0.2) is 48.9 Å². The van der Waals surface area contributed by atoms with Crippen LogP contribution in [0.4, 0.5) is 0 Å². The van der Waals surface area contributed by atoms with Crippen molar-refractivity contribution >= 4 is 5.97 Å². The summed E-state index contributed by atoms with van der Waals surface area (Å²) in [6.45, 7) is 3.70. The van der Waals surface area contributed by atoms with E-state index in [2.05, 4.69) is 11.8 Å². The van der Waals surface area contributed by atoms with Crippen LogP contribution in [0.25, 0.3) is 0 Å². The van der Waals surface area contributed by atoms with Gasteiger partial charge in [-0.2, -0.15) is 0 Å². The Morgan fingerprint density at radius 2 is 2.16 bits per heavy atom. The van der Waals surface area contributed by atoms with Crippen molar-refractivity contribution in [3.63, 3.8) is 0 Å². The van der Waals surface area contributed by atoms with E-state index in [1.165, 1.54) is 0 Å². The summed E-state index contributed by atoms with van der Waals surface area (Å²) in [5.74, 6) is -0.0760. The van der Waals surface area contributed by atoms with Gasteiger partial charge in [-0.3, -0.25) is 4.90 Å². The summed E-state index contributed by atoms with van der Waals surface area (Å²) in [7, 11) is 1.64. The van der Waals surface area contributed by atoms with Gasteiger partial charge in [0.05, 0.1) is 13.7 Å². The van der Waals surface area contributed by atoms with E-state index in [4.69, 9.17) is 14.6 Å². The largest absolute Gasteiger partial charge is 0.497 e. The Morgan fingerprint density at radius 3 is 2.74 bits per heavy atom. The highest BCUT2D eigenvalue weighted by Gasteiger charge is 2.29. The summed E-state index contributed by atoms with van der Waals surface area (Å²) in [6.07, 6.45) is -0.727. The van der Waals surface area contributed by atoms with Gasteiger partial charge in [-0.05, 0) is 24.6 Å². The molecule has 2 unspecified atom stereocenters. The van der Waals surface area contributed by atoms with E-state index in [0.29, 0.717) is 13.2 Å². The van der Waals surface area contributed by atoms with E-state index in [9.17, 15) is 4.79 Å². The zero-order valence-electron chi connectivity index (χ0n) is 11.2. The minimum absolute atomic E-state index is 0.164. The van der Waals surface area contributed by atoms with Crippen LogP contribution in [0, 0.1) is 0 Å². The highest BCUT2D eigenvalue weighted by molar-refractivity contribution is 5.72. The first-order valence-corrected chi connectivity index (χ1v) is 6.34. The number of methoxy groups -OCH3 is 1. The molecular formula is C14H19NO4. The SMILES string of the molecule is COc1ccc(C(C)N2CCOC(C(=O)O)C2)cc1. The smallest absolute Gasteiger partial charge is 0.334 e. The molecule has 1 N–H and O–H groups in total. The summed E-state index contributed by atoms with van der Waals surface area (Å²) >= 11 is 0. The van der Waals surface area contributed by atoms with Gasteiger partial charge in [0.1, 0.15) is 5.75 Å². The first kappa shape index (κ1) is 13.8. The number of hydrogen-bond donors (Lipinski definition) is 1. The molecule has 1 aliphatic heterocycles. The number of aliphatic carboxylic acids is 1. The van der Waals surface area contributed by atoms with Crippen LogP contribution in [0.2, 0.25) is 0 Å². The first-order chi connectivity index (χ1) is 9.11. The molecule has 0 amide bonds. The number of carbonyl (C=O) groups is 1. The molecule has 1 heterocycles. The molecular weight excluding hydrogens is 246 g/mol. The molecule has 0 aromatic heterocycles. The van der Waals surface area contributed by atoms with E-state index in [0.717, 1.165) is 17.9 Å². The van der Waals surface area contributed by atoms with Gasteiger partial charge >= 0.3 is 5.97 Å². The summed E-state index contributed by atoms with van der Waals surface area (Å²) in [6, 6.07) is 8.02. The number of rotatable bonds is 4. The van der Waals surface area contributed by atoms with Gasteiger partial charge < -0.3 is 14.6 Å². The van der Waals surface area contributed by atoms with Crippen molar-refractivity contribution in [2.24, 2.45) is 0 Å². The molecule has 2 rings (SSSR count). The zero-order chi connectivity index (χ0) is 13.8. The average Bonchev–Trinajstić information content (AvgIpc) is 2.46. The van der Waals surface area contributed by atoms with Crippen molar-refractivity contribution in [3.05, 3.63) is 29.8 Å². The maximum Gasteiger partial charge on any atom is 0.334 e. The van der Waals surface area contributed by atoms with Crippen LogP contribution in [0.1, 0.15) is 18.5 Å². The summed E-state index contributed by atoms with van der Waals surface area (Å²) in [5, 5.41) is 9.01. The minimum atomic E-state index is -0.897. The second-order valence-corrected chi connectivity index (χ2v) is 4.64. The maximum atomic E-state index is 11.0. The standard InChI is InChI=1S/C14H19NO4/c1-10(11-3-5-12(18-2)6-4-11)15-7-8-19-13(9-15)14(16)17/h3-6,10,13H,7-9H2,1-2H3,(H,16,17). The number of carboxylic acids is 1. The predicted molar refractivity (Wildman–Crippen MR) is 70.4 cm³/mol. The van der Waals surface area contributed by atoms with Gasteiger partial charge in [-0.15, -0.1) is 0 Å². The molecule has 1 saturated heterocycles. The van der Waals surface area contributed by atoms with Crippen molar-refractivity contribution in [1.82, 2.24) is 4.90 Å². The number of benzene rings is 1. The van der Waals surface area contributed by atoms with Crippen LogP contribution in [0.5, 0.6) is 5.75 Å². The van der Waals surface area contributed by atoms with Gasteiger partial charge in [0.2, 0.25) is 0 Å². The van der Waals surface area contributed by atoms with E-state index < -0.39 is 12.1 Å². The van der Waals surface area contributed by atoms with E-state index in [1.807, 2.05) is 24.3 Å². The summed E-state index contributed by atoms with van der Waals surface area (Å²) < 4.78 is 10.4. The van der Waals surface area contributed by atoms with Crippen LogP contribution in [0.3, 0.4) is 0 Å². The Bertz CT molecular complexity index is 432. The first-order valence-electron chi connectivity index (χ1n) is 6.34. The molecule has 0 radical (unpaired) electrons. The third-order valence-corrected chi connectivity index (χ3v) is 3.52. The molecule has 5 nitrogen and oxygen atoms in total. The topological polar surface area (TPSA) is 59.0 Å². The fourth-order valence-corrected chi connectivity index (χ4v) is 2.26. The van der Waals surface area contributed by atoms with Crippen molar-refractivity contribution < 1.29 is 19.4 Å².